The number of nitrogens with one attached hydrogen (secondary N) is 1. The molecular formula is C34H53NO7. The summed E-state index contributed by atoms with van der Waals surface area (Å²) in [6, 6.07) is -0.291. The van der Waals surface area contributed by atoms with Gasteiger partial charge in [0.05, 0.1) is 18.6 Å². The maximum atomic E-state index is 13.0. The largest absolute Gasteiger partial charge is 0.455 e. The summed E-state index contributed by atoms with van der Waals surface area (Å²) >= 11 is 0. The second-order valence-electron chi connectivity index (χ2n) is 12.1. The number of hydrogen-bond acceptors (Lipinski definition) is 7. The molecule has 1 heterocycles. The average molecular weight is 588 g/mol. The van der Waals surface area contributed by atoms with E-state index >= 15 is 0 Å². The number of esters is 1. The number of hydrogen-bond donors (Lipinski definition) is 3. The van der Waals surface area contributed by atoms with Gasteiger partial charge in [-0.3, -0.25) is 14.4 Å². The van der Waals surface area contributed by atoms with Gasteiger partial charge in [-0.25, -0.2) is 4.79 Å². The Hall–Kier alpha value is -2.84. The molecule has 1 rings (SSSR count). The van der Waals surface area contributed by atoms with Crippen LogP contribution in [0.3, 0.4) is 0 Å². The average Bonchev–Trinajstić information content (AvgIpc) is 2.93. The summed E-state index contributed by atoms with van der Waals surface area (Å²) in [4.78, 5) is 51.0. The van der Waals surface area contributed by atoms with Crippen molar-refractivity contribution in [3.63, 3.8) is 0 Å². The lowest BCUT2D eigenvalue weighted by Crippen LogP contribution is -2.36. The molecule has 0 saturated carbocycles. The molecule has 8 heteroatoms. The second-order valence-corrected chi connectivity index (χ2v) is 12.1. The van der Waals surface area contributed by atoms with E-state index in [4.69, 9.17) is 4.74 Å². The molecule has 0 bridgehead atoms. The molecule has 42 heavy (non-hydrogen) atoms. The lowest BCUT2D eigenvalue weighted by atomic mass is 9.87. The van der Waals surface area contributed by atoms with E-state index in [9.17, 15) is 29.4 Å². The highest BCUT2D eigenvalue weighted by Crippen LogP contribution is 2.22. The van der Waals surface area contributed by atoms with Crippen LogP contribution in [0.5, 0.6) is 0 Å². The molecule has 0 aromatic carbocycles. The number of ether oxygens (including phenoxy) is 1. The van der Waals surface area contributed by atoms with E-state index in [1.54, 1.807) is 52.8 Å². The molecule has 8 nitrogen and oxygen atoms in total. The fourth-order valence-electron chi connectivity index (χ4n) is 4.88. The van der Waals surface area contributed by atoms with Gasteiger partial charge < -0.3 is 20.3 Å². The summed E-state index contributed by atoms with van der Waals surface area (Å²) in [5.41, 5.74) is 1.17. The molecule has 1 amide bonds. The topological polar surface area (TPSA) is 130 Å². The Labute approximate surface area is 252 Å². The van der Waals surface area contributed by atoms with Crippen molar-refractivity contribution < 1.29 is 34.1 Å². The first-order chi connectivity index (χ1) is 19.7. The van der Waals surface area contributed by atoms with Crippen LogP contribution in [0.2, 0.25) is 0 Å². The van der Waals surface area contributed by atoms with Crippen LogP contribution in [-0.4, -0.2) is 58.0 Å². The number of ketones is 2. The summed E-state index contributed by atoms with van der Waals surface area (Å²) in [6.45, 7) is 16.1. The minimum absolute atomic E-state index is 0.0995. The molecule has 0 radical (unpaired) electrons. The van der Waals surface area contributed by atoms with Gasteiger partial charge in [-0.15, -0.1) is 0 Å². The number of carbonyl (C=O) groups is 4. The van der Waals surface area contributed by atoms with Crippen molar-refractivity contribution in [3.8, 4) is 0 Å². The summed E-state index contributed by atoms with van der Waals surface area (Å²) in [7, 11) is 0. The third kappa shape index (κ3) is 13.4. The van der Waals surface area contributed by atoms with E-state index in [1.807, 2.05) is 26.0 Å². The van der Waals surface area contributed by atoms with Gasteiger partial charge in [0, 0.05) is 35.8 Å². The van der Waals surface area contributed by atoms with Crippen molar-refractivity contribution in [2.75, 3.05) is 0 Å². The minimum Gasteiger partial charge on any atom is -0.455 e. The zero-order chi connectivity index (χ0) is 32.0. The molecule has 8 atom stereocenters. The number of aliphatic hydroxyl groups excluding tert-OH is 2. The standard InChI is InChI=1S/C34H53NO7/c1-9-10-22(3)29(36)17-12-21(2)11-15-28-16-13-23(4)31(38)20-32(39)35-26(7)14-18-30(37)27(8)33(40)24(5)19-25(6)34(41)42-28/h9-11,15,19,21,23-24,26-29,33,36,40H,1,12-14,16-18,20H2,2-8H3,(H,35,39)/b15-11+,22-10+,25-19-/t21-,23+,24+,26?,27+,28?,29+,33+/m1/s1. The molecule has 0 aliphatic carbocycles. The molecule has 0 saturated heterocycles. The number of carbonyl (C=O) groups excluding carboxylic acids is 4. The Bertz CT molecular complexity index is 1030. The van der Waals surface area contributed by atoms with Gasteiger partial charge in [-0.05, 0) is 70.4 Å². The quantitative estimate of drug-likeness (QED) is 0.162. The lowest BCUT2D eigenvalue weighted by Gasteiger charge is -2.23. The van der Waals surface area contributed by atoms with Gasteiger partial charge in [-0.2, -0.15) is 0 Å². The molecule has 1 aliphatic rings. The van der Waals surface area contributed by atoms with Crippen LogP contribution in [0, 0.1) is 23.7 Å². The maximum absolute atomic E-state index is 13.0. The van der Waals surface area contributed by atoms with Crippen molar-refractivity contribution >= 4 is 23.4 Å². The van der Waals surface area contributed by atoms with Crippen LogP contribution in [-0.2, 0) is 23.9 Å². The maximum Gasteiger partial charge on any atom is 0.333 e. The predicted octanol–water partition coefficient (Wildman–Crippen LogP) is 5.19. The van der Waals surface area contributed by atoms with Crippen molar-refractivity contribution in [3.05, 3.63) is 48.1 Å². The Balaban J connectivity index is 3.15. The van der Waals surface area contributed by atoms with Gasteiger partial charge >= 0.3 is 5.97 Å². The molecule has 0 fully saturated rings. The molecule has 3 N–H and O–H groups in total. The second kappa shape index (κ2) is 18.6. The van der Waals surface area contributed by atoms with E-state index in [-0.39, 0.29) is 42.3 Å². The fourth-order valence-corrected chi connectivity index (χ4v) is 4.88. The minimum atomic E-state index is -0.984. The number of amides is 1. The highest BCUT2D eigenvalue weighted by Gasteiger charge is 2.28. The Morgan fingerprint density at radius 2 is 1.76 bits per heavy atom. The monoisotopic (exact) mass is 587 g/mol. The van der Waals surface area contributed by atoms with Gasteiger partial charge in [0.15, 0.2) is 0 Å². The van der Waals surface area contributed by atoms with Crippen molar-refractivity contribution in [2.45, 2.75) is 118 Å². The van der Waals surface area contributed by atoms with Gasteiger partial charge in [-0.1, -0.05) is 58.6 Å². The normalized spacial score (nSPS) is 31.2. The molecule has 1 aliphatic heterocycles. The van der Waals surface area contributed by atoms with Gasteiger partial charge in [0.25, 0.3) is 0 Å². The first-order valence-corrected chi connectivity index (χ1v) is 15.2. The molecule has 0 aromatic heterocycles. The summed E-state index contributed by atoms with van der Waals surface area (Å²) < 4.78 is 5.82. The number of allylic oxidation sites excluding steroid dienone is 3. The fraction of sp³-hybridized carbons (Fsp3) is 0.647. The summed E-state index contributed by atoms with van der Waals surface area (Å²) in [5.74, 6) is -2.69. The number of rotatable bonds is 7. The van der Waals surface area contributed by atoms with Crippen LogP contribution in [0.25, 0.3) is 0 Å². The van der Waals surface area contributed by atoms with Crippen LogP contribution < -0.4 is 5.32 Å². The first-order valence-electron chi connectivity index (χ1n) is 15.2. The smallest absolute Gasteiger partial charge is 0.333 e. The Morgan fingerprint density at radius 1 is 1.10 bits per heavy atom. The molecular weight excluding hydrogens is 534 g/mol. The van der Waals surface area contributed by atoms with E-state index in [0.29, 0.717) is 37.7 Å². The van der Waals surface area contributed by atoms with Crippen molar-refractivity contribution in [1.82, 2.24) is 5.32 Å². The van der Waals surface area contributed by atoms with Gasteiger partial charge in [0.1, 0.15) is 17.7 Å². The first kappa shape index (κ1) is 37.2. The molecule has 0 spiro atoms. The van der Waals surface area contributed by atoms with Crippen LogP contribution in [0.1, 0.15) is 93.4 Å². The zero-order valence-corrected chi connectivity index (χ0v) is 26.6. The van der Waals surface area contributed by atoms with Crippen molar-refractivity contribution in [1.29, 1.82) is 0 Å². The third-order valence-corrected chi connectivity index (χ3v) is 8.11. The molecule has 2 unspecified atom stereocenters. The number of cyclic esters (lactones) is 1. The summed E-state index contributed by atoms with van der Waals surface area (Å²) in [6.07, 6.45) is 9.10. The van der Waals surface area contributed by atoms with Gasteiger partial charge in [0.2, 0.25) is 5.91 Å². The Kier molecular flexibility index (Phi) is 16.5. The van der Waals surface area contributed by atoms with Crippen LogP contribution in [0.15, 0.2) is 48.1 Å². The Morgan fingerprint density at radius 3 is 2.40 bits per heavy atom. The van der Waals surface area contributed by atoms with E-state index in [1.165, 1.54) is 0 Å². The number of aliphatic hydroxyl groups is 2. The third-order valence-electron chi connectivity index (χ3n) is 8.11. The van der Waals surface area contributed by atoms with E-state index < -0.39 is 42.0 Å². The SMILES string of the molecule is C=C/C=C(\C)[C@@H](O)CC[C@H](C)/C=C/C1CC[C@H](C)C(=O)CC(=O)NC(C)CCC(=O)[C@H](C)[C@@H](O)[C@@H](C)/C=C(/C)C(=O)O1. The lowest BCUT2D eigenvalue weighted by molar-refractivity contribution is -0.142. The predicted molar refractivity (Wildman–Crippen MR) is 165 cm³/mol. The van der Waals surface area contributed by atoms with Crippen LogP contribution in [0.4, 0.5) is 0 Å². The summed E-state index contributed by atoms with van der Waals surface area (Å²) in [5, 5.41) is 23.9. The zero-order valence-electron chi connectivity index (χ0n) is 26.6. The number of Topliss-reactive ketones (excluding diaryl/α,β-unsaturated/α-hetero) is 2. The molecule has 0 aromatic rings. The van der Waals surface area contributed by atoms with Crippen LogP contribution >= 0.6 is 0 Å². The highest BCUT2D eigenvalue weighted by atomic mass is 16.5. The van der Waals surface area contributed by atoms with E-state index in [2.05, 4.69) is 11.9 Å². The van der Waals surface area contributed by atoms with Crippen molar-refractivity contribution in [2.24, 2.45) is 23.7 Å². The van der Waals surface area contributed by atoms with E-state index in [0.717, 1.165) is 5.57 Å². The molecule has 236 valence electrons. The highest BCUT2D eigenvalue weighted by molar-refractivity contribution is 5.99.